The summed E-state index contributed by atoms with van der Waals surface area (Å²) in [5, 5.41) is 3.03. The summed E-state index contributed by atoms with van der Waals surface area (Å²) in [7, 11) is 0. The number of carbonyl (C=O) groups is 1. The summed E-state index contributed by atoms with van der Waals surface area (Å²) in [4.78, 5) is 14.8. The maximum atomic E-state index is 13.0. The van der Waals surface area contributed by atoms with Crippen molar-refractivity contribution in [1.29, 1.82) is 0 Å². The minimum absolute atomic E-state index is 0.00219. The molecule has 1 fully saturated rings. The first-order chi connectivity index (χ1) is 12.5. The van der Waals surface area contributed by atoms with E-state index in [9.17, 15) is 13.6 Å². The first-order valence-corrected chi connectivity index (χ1v) is 9.04. The SMILES string of the molecule is C[C@H](NC(=O)C1CCN(Cc2ccc(F)cc2)CC1)c1ccc(F)cc1. The van der Waals surface area contributed by atoms with Crippen molar-refractivity contribution in [2.45, 2.75) is 32.4 Å². The zero-order chi connectivity index (χ0) is 18.5. The highest BCUT2D eigenvalue weighted by atomic mass is 19.1. The van der Waals surface area contributed by atoms with E-state index in [0.29, 0.717) is 0 Å². The Morgan fingerprint density at radius 2 is 1.58 bits per heavy atom. The number of benzene rings is 2. The van der Waals surface area contributed by atoms with Crippen LogP contribution in [0.3, 0.4) is 0 Å². The van der Waals surface area contributed by atoms with Gasteiger partial charge in [0, 0.05) is 12.5 Å². The maximum absolute atomic E-state index is 13.0. The summed E-state index contributed by atoms with van der Waals surface area (Å²) >= 11 is 0. The van der Waals surface area contributed by atoms with Crippen LogP contribution < -0.4 is 5.32 Å². The van der Waals surface area contributed by atoms with Gasteiger partial charge in [0.05, 0.1) is 6.04 Å². The fraction of sp³-hybridized carbons (Fsp3) is 0.381. The van der Waals surface area contributed by atoms with Gasteiger partial charge in [-0.25, -0.2) is 8.78 Å². The van der Waals surface area contributed by atoms with Crippen LogP contribution in [-0.4, -0.2) is 23.9 Å². The van der Waals surface area contributed by atoms with Gasteiger partial charge in [-0.05, 0) is 68.2 Å². The Labute approximate surface area is 153 Å². The van der Waals surface area contributed by atoms with Crippen LogP contribution in [-0.2, 0) is 11.3 Å². The van der Waals surface area contributed by atoms with E-state index in [4.69, 9.17) is 0 Å². The van der Waals surface area contributed by atoms with Crippen molar-refractivity contribution >= 4 is 5.91 Å². The third-order valence-electron chi connectivity index (χ3n) is 5.01. The van der Waals surface area contributed by atoms with Crippen LogP contribution in [0.2, 0.25) is 0 Å². The van der Waals surface area contributed by atoms with E-state index in [-0.39, 0.29) is 29.5 Å². The second-order valence-corrected chi connectivity index (χ2v) is 6.96. The Bertz CT molecular complexity index is 723. The second kappa shape index (κ2) is 8.41. The van der Waals surface area contributed by atoms with E-state index in [1.807, 2.05) is 6.92 Å². The Balaban J connectivity index is 1.47. The van der Waals surface area contributed by atoms with Crippen LogP contribution in [0.25, 0.3) is 0 Å². The number of hydrogen-bond donors (Lipinski definition) is 1. The van der Waals surface area contributed by atoms with Gasteiger partial charge in [-0.3, -0.25) is 9.69 Å². The quantitative estimate of drug-likeness (QED) is 0.874. The van der Waals surface area contributed by atoms with E-state index in [0.717, 1.165) is 43.6 Å². The number of rotatable bonds is 5. The summed E-state index contributed by atoms with van der Waals surface area (Å²) in [6.07, 6.45) is 1.62. The number of likely N-dealkylation sites (tertiary alicyclic amines) is 1. The fourth-order valence-corrected chi connectivity index (χ4v) is 3.37. The number of amides is 1. The standard InChI is InChI=1S/C21H24F2N2O/c1-15(17-4-8-20(23)9-5-17)24-21(26)18-10-12-25(13-11-18)14-16-2-6-19(22)7-3-16/h2-9,15,18H,10-14H2,1H3,(H,24,26)/t15-/m0/s1. The molecule has 2 aromatic carbocycles. The lowest BCUT2D eigenvalue weighted by Crippen LogP contribution is -2.40. The summed E-state index contributed by atoms with van der Waals surface area (Å²) in [6, 6.07) is 12.6. The molecule has 0 aliphatic carbocycles. The molecule has 5 heteroatoms. The summed E-state index contributed by atoms with van der Waals surface area (Å²) in [5.74, 6) is -0.439. The molecule has 0 unspecified atom stereocenters. The van der Waals surface area contributed by atoms with Gasteiger partial charge in [-0.2, -0.15) is 0 Å². The molecule has 0 radical (unpaired) electrons. The van der Waals surface area contributed by atoms with Gasteiger partial charge < -0.3 is 5.32 Å². The molecule has 1 N–H and O–H groups in total. The second-order valence-electron chi connectivity index (χ2n) is 6.96. The van der Waals surface area contributed by atoms with E-state index in [2.05, 4.69) is 10.2 Å². The zero-order valence-electron chi connectivity index (χ0n) is 14.9. The predicted octanol–water partition coefficient (Wildman–Crippen LogP) is 4.05. The Kier molecular flexibility index (Phi) is 5.99. The van der Waals surface area contributed by atoms with E-state index in [1.165, 1.54) is 24.3 Å². The molecule has 3 rings (SSSR count). The predicted molar refractivity (Wildman–Crippen MR) is 97.4 cm³/mol. The van der Waals surface area contributed by atoms with Gasteiger partial charge >= 0.3 is 0 Å². The van der Waals surface area contributed by atoms with E-state index >= 15 is 0 Å². The molecule has 0 saturated carbocycles. The van der Waals surface area contributed by atoms with Gasteiger partial charge in [0.15, 0.2) is 0 Å². The summed E-state index contributed by atoms with van der Waals surface area (Å²) in [6.45, 7) is 4.39. The van der Waals surface area contributed by atoms with Crippen LogP contribution in [0.4, 0.5) is 8.78 Å². The molecule has 3 nitrogen and oxygen atoms in total. The Morgan fingerprint density at radius 3 is 2.15 bits per heavy atom. The van der Waals surface area contributed by atoms with Crippen molar-refractivity contribution in [3.63, 3.8) is 0 Å². The molecule has 1 aliphatic rings. The Morgan fingerprint density at radius 1 is 1.04 bits per heavy atom. The third-order valence-corrected chi connectivity index (χ3v) is 5.01. The van der Waals surface area contributed by atoms with Crippen molar-refractivity contribution in [1.82, 2.24) is 10.2 Å². The maximum Gasteiger partial charge on any atom is 0.223 e. The lowest BCUT2D eigenvalue weighted by atomic mass is 9.95. The fourth-order valence-electron chi connectivity index (χ4n) is 3.37. The van der Waals surface area contributed by atoms with Crippen LogP contribution in [0.1, 0.15) is 36.9 Å². The van der Waals surface area contributed by atoms with Crippen molar-refractivity contribution in [3.8, 4) is 0 Å². The van der Waals surface area contributed by atoms with Gasteiger partial charge in [0.25, 0.3) is 0 Å². The summed E-state index contributed by atoms with van der Waals surface area (Å²) in [5.41, 5.74) is 1.98. The molecule has 0 bridgehead atoms. The molecule has 1 aliphatic heterocycles. The molecular formula is C21H24F2N2O. The average molecular weight is 358 g/mol. The molecule has 1 atom stereocenters. The molecule has 2 aromatic rings. The largest absolute Gasteiger partial charge is 0.349 e. The number of halogens is 2. The normalized spacial score (nSPS) is 17.0. The highest BCUT2D eigenvalue weighted by molar-refractivity contribution is 5.79. The number of carbonyl (C=O) groups excluding carboxylic acids is 1. The average Bonchev–Trinajstić information content (AvgIpc) is 2.64. The highest BCUT2D eigenvalue weighted by Gasteiger charge is 2.26. The van der Waals surface area contributed by atoms with Crippen molar-refractivity contribution in [2.24, 2.45) is 5.92 Å². The van der Waals surface area contributed by atoms with Gasteiger partial charge in [0.1, 0.15) is 11.6 Å². The van der Waals surface area contributed by atoms with Crippen molar-refractivity contribution < 1.29 is 13.6 Å². The van der Waals surface area contributed by atoms with Crippen LogP contribution in [0.15, 0.2) is 48.5 Å². The van der Waals surface area contributed by atoms with Gasteiger partial charge in [-0.1, -0.05) is 24.3 Å². The van der Waals surface area contributed by atoms with Crippen LogP contribution in [0, 0.1) is 17.6 Å². The molecule has 0 aromatic heterocycles. The molecule has 138 valence electrons. The molecule has 1 saturated heterocycles. The summed E-state index contributed by atoms with van der Waals surface area (Å²) < 4.78 is 26.0. The lowest BCUT2D eigenvalue weighted by Gasteiger charge is -2.32. The molecule has 1 amide bonds. The molecule has 0 spiro atoms. The van der Waals surface area contributed by atoms with E-state index in [1.54, 1.807) is 24.3 Å². The molecule has 1 heterocycles. The smallest absolute Gasteiger partial charge is 0.223 e. The number of piperidine rings is 1. The van der Waals surface area contributed by atoms with Gasteiger partial charge in [0.2, 0.25) is 5.91 Å². The van der Waals surface area contributed by atoms with Gasteiger partial charge in [-0.15, -0.1) is 0 Å². The number of hydrogen-bond acceptors (Lipinski definition) is 2. The minimum Gasteiger partial charge on any atom is -0.349 e. The number of nitrogens with one attached hydrogen (secondary N) is 1. The van der Waals surface area contributed by atoms with Crippen molar-refractivity contribution in [2.75, 3.05) is 13.1 Å². The van der Waals surface area contributed by atoms with Crippen LogP contribution >= 0.6 is 0 Å². The monoisotopic (exact) mass is 358 g/mol. The first-order valence-electron chi connectivity index (χ1n) is 9.04. The number of nitrogens with zero attached hydrogens (tertiary/aromatic N) is 1. The van der Waals surface area contributed by atoms with E-state index < -0.39 is 0 Å². The molecule has 26 heavy (non-hydrogen) atoms. The molecular weight excluding hydrogens is 334 g/mol. The third kappa shape index (κ3) is 4.88. The first kappa shape index (κ1) is 18.5. The highest BCUT2D eigenvalue weighted by Crippen LogP contribution is 2.21. The topological polar surface area (TPSA) is 32.3 Å². The minimum atomic E-state index is -0.277. The van der Waals surface area contributed by atoms with Crippen molar-refractivity contribution in [3.05, 3.63) is 71.3 Å². The van der Waals surface area contributed by atoms with Crippen LogP contribution in [0.5, 0.6) is 0 Å². The zero-order valence-corrected chi connectivity index (χ0v) is 14.9. The Hall–Kier alpha value is -2.27. The lowest BCUT2D eigenvalue weighted by molar-refractivity contribution is -0.127.